The van der Waals surface area contributed by atoms with Gasteiger partial charge in [0, 0.05) is 23.7 Å². The van der Waals surface area contributed by atoms with E-state index >= 15 is 0 Å². The highest BCUT2D eigenvalue weighted by Crippen LogP contribution is 2.34. The lowest BCUT2D eigenvalue weighted by atomic mass is 9.94. The van der Waals surface area contributed by atoms with Gasteiger partial charge in [0.05, 0.1) is 6.07 Å². The molecule has 1 aliphatic carbocycles. The van der Waals surface area contributed by atoms with Crippen molar-refractivity contribution in [2.45, 2.75) is 70.2 Å². The summed E-state index contributed by atoms with van der Waals surface area (Å²) >= 11 is 1.85. The van der Waals surface area contributed by atoms with Crippen molar-refractivity contribution in [1.82, 2.24) is 15.1 Å². The Morgan fingerprint density at radius 3 is 2.62 bits per heavy atom. The molecule has 0 radical (unpaired) electrons. The van der Waals surface area contributed by atoms with Crippen LogP contribution in [0.3, 0.4) is 0 Å². The van der Waals surface area contributed by atoms with Crippen LogP contribution in [0.5, 0.6) is 0 Å². The predicted molar refractivity (Wildman–Crippen MR) is 84.0 cm³/mol. The summed E-state index contributed by atoms with van der Waals surface area (Å²) in [6, 6.07) is 3.50. The SMILES string of the molecule is CC(C)N(C1CCCCC1)N1OCC1N1CSCC1C#N. The minimum Gasteiger partial charge on any atom is -0.279 e. The van der Waals surface area contributed by atoms with Crippen molar-refractivity contribution in [3.05, 3.63) is 0 Å². The summed E-state index contributed by atoms with van der Waals surface area (Å²) in [7, 11) is 0. The van der Waals surface area contributed by atoms with Gasteiger partial charge < -0.3 is 0 Å². The molecular formula is C15H26N4OS. The maximum Gasteiger partial charge on any atom is 0.131 e. The van der Waals surface area contributed by atoms with Crippen molar-refractivity contribution < 1.29 is 4.84 Å². The summed E-state index contributed by atoms with van der Waals surface area (Å²) in [4.78, 5) is 8.12. The number of hydroxylamine groups is 1. The van der Waals surface area contributed by atoms with Crippen LogP contribution in [0.15, 0.2) is 0 Å². The summed E-state index contributed by atoms with van der Waals surface area (Å²) in [5.74, 6) is 1.87. The van der Waals surface area contributed by atoms with E-state index in [1.165, 1.54) is 32.1 Å². The molecule has 21 heavy (non-hydrogen) atoms. The summed E-state index contributed by atoms with van der Waals surface area (Å²) in [5.41, 5.74) is 0. The number of nitrogens with zero attached hydrogens (tertiary/aromatic N) is 4. The third-order valence-corrected chi connectivity index (χ3v) is 5.80. The zero-order valence-electron chi connectivity index (χ0n) is 13.1. The zero-order chi connectivity index (χ0) is 14.8. The second-order valence-electron chi connectivity index (χ2n) is 6.50. The van der Waals surface area contributed by atoms with E-state index in [9.17, 15) is 5.26 Å². The normalized spacial score (nSPS) is 32.5. The molecule has 0 aromatic rings. The van der Waals surface area contributed by atoms with Crippen LogP contribution in [0.1, 0.15) is 46.0 Å². The van der Waals surface area contributed by atoms with Crippen molar-refractivity contribution in [1.29, 1.82) is 5.26 Å². The van der Waals surface area contributed by atoms with Gasteiger partial charge in [-0.1, -0.05) is 19.3 Å². The highest BCUT2D eigenvalue weighted by molar-refractivity contribution is 7.99. The molecule has 118 valence electrons. The summed E-state index contributed by atoms with van der Waals surface area (Å²) < 4.78 is 0. The van der Waals surface area contributed by atoms with Crippen molar-refractivity contribution >= 4 is 11.8 Å². The molecule has 3 rings (SSSR count). The first-order chi connectivity index (χ1) is 10.2. The molecule has 0 aromatic heterocycles. The van der Waals surface area contributed by atoms with Crippen LogP contribution in [0.4, 0.5) is 0 Å². The Bertz CT molecular complexity index is 394. The molecule has 0 N–H and O–H groups in total. The number of rotatable bonds is 4. The molecule has 0 aromatic carbocycles. The van der Waals surface area contributed by atoms with Crippen LogP contribution in [0.25, 0.3) is 0 Å². The molecule has 5 nitrogen and oxygen atoms in total. The maximum atomic E-state index is 9.31. The number of thioether (sulfide) groups is 1. The molecule has 2 saturated heterocycles. The lowest BCUT2D eigenvalue weighted by molar-refractivity contribution is -0.430. The first-order valence-electron chi connectivity index (χ1n) is 8.16. The average Bonchev–Trinajstić information content (AvgIpc) is 2.91. The van der Waals surface area contributed by atoms with Crippen LogP contribution >= 0.6 is 11.8 Å². The van der Waals surface area contributed by atoms with Crippen LogP contribution < -0.4 is 0 Å². The van der Waals surface area contributed by atoms with Crippen molar-refractivity contribution in [3.8, 4) is 6.07 Å². The molecule has 0 bridgehead atoms. The van der Waals surface area contributed by atoms with Gasteiger partial charge >= 0.3 is 0 Å². The Balaban J connectivity index is 1.69. The standard InChI is InChI=1S/C15H26N4OS/c1-12(2)18(13-6-4-3-5-7-13)19-15(9-20-19)17-11-21-10-14(17)8-16/h12-15H,3-7,9-11H2,1-2H3. The highest BCUT2D eigenvalue weighted by Gasteiger charge is 2.46. The van der Waals surface area contributed by atoms with Crippen LogP contribution in [-0.2, 0) is 4.84 Å². The Kier molecular flexibility index (Phi) is 5.07. The minimum atomic E-state index is 0.0340. The van der Waals surface area contributed by atoms with E-state index in [0.717, 1.165) is 11.6 Å². The first-order valence-corrected chi connectivity index (χ1v) is 9.31. The molecule has 2 unspecified atom stereocenters. The van der Waals surface area contributed by atoms with E-state index in [-0.39, 0.29) is 12.2 Å². The second-order valence-corrected chi connectivity index (χ2v) is 7.50. The Morgan fingerprint density at radius 2 is 2.05 bits per heavy atom. The number of hydrogen-bond donors (Lipinski definition) is 0. The first kappa shape index (κ1) is 15.6. The van der Waals surface area contributed by atoms with Gasteiger partial charge in [-0.05, 0) is 26.7 Å². The summed E-state index contributed by atoms with van der Waals surface area (Å²) in [5, 5.41) is 13.8. The van der Waals surface area contributed by atoms with Gasteiger partial charge in [-0.25, -0.2) is 5.01 Å². The second kappa shape index (κ2) is 6.84. The van der Waals surface area contributed by atoms with Gasteiger partial charge in [0.2, 0.25) is 0 Å². The molecule has 0 spiro atoms. The van der Waals surface area contributed by atoms with E-state index in [0.29, 0.717) is 18.7 Å². The Hall–Kier alpha value is -0.320. The van der Waals surface area contributed by atoms with Gasteiger partial charge in [0.1, 0.15) is 18.8 Å². The monoisotopic (exact) mass is 310 g/mol. The van der Waals surface area contributed by atoms with E-state index in [2.05, 4.69) is 35.0 Å². The fraction of sp³-hybridized carbons (Fsp3) is 0.933. The number of hydrogen-bond acceptors (Lipinski definition) is 6. The van der Waals surface area contributed by atoms with Gasteiger partial charge in [0.15, 0.2) is 0 Å². The number of nitriles is 1. The fourth-order valence-corrected chi connectivity index (χ4v) is 4.82. The van der Waals surface area contributed by atoms with Crippen LogP contribution in [-0.4, -0.2) is 57.6 Å². The Labute approximate surface area is 132 Å². The summed E-state index contributed by atoms with van der Waals surface area (Å²) in [6.07, 6.45) is 6.79. The lowest BCUT2D eigenvalue weighted by Gasteiger charge is -2.53. The maximum absolute atomic E-state index is 9.31. The average molecular weight is 310 g/mol. The van der Waals surface area contributed by atoms with E-state index < -0.39 is 0 Å². The van der Waals surface area contributed by atoms with Gasteiger partial charge in [0.25, 0.3) is 0 Å². The molecule has 2 aliphatic heterocycles. The van der Waals surface area contributed by atoms with Crippen LogP contribution in [0.2, 0.25) is 0 Å². The smallest absolute Gasteiger partial charge is 0.131 e. The third-order valence-electron chi connectivity index (χ3n) is 4.76. The molecule has 3 fully saturated rings. The third kappa shape index (κ3) is 3.08. The van der Waals surface area contributed by atoms with E-state index in [4.69, 9.17) is 4.84 Å². The largest absolute Gasteiger partial charge is 0.279 e. The number of hydrazine groups is 1. The van der Waals surface area contributed by atoms with Crippen molar-refractivity contribution in [2.24, 2.45) is 0 Å². The molecular weight excluding hydrogens is 284 g/mol. The molecule has 3 aliphatic rings. The quantitative estimate of drug-likeness (QED) is 0.794. The lowest BCUT2D eigenvalue weighted by Crippen LogP contribution is -2.69. The van der Waals surface area contributed by atoms with Crippen LogP contribution in [0, 0.1) is 11.3 Å². The zero-order valence-corrected chi connectivity index (χ0v) is 13.9. The molecule has 1 saturated carbocycles. The topological polar surface area (TPSA) is 42.7 Å². The van der Waals surface area contributed by atoms with Gasteiger partial charge in [-0.3, -0.25) is 9.74 Å². The minimum absolute atomic E-state index is 0.0340. The van der Waals surface area contributed by atoms with Crippen molar-refractivity contribution in [3.63, 3.8) is 0 Å². The van der Waals surface area contributed by atoms with Crippen molar-refractivity contribution in [2.75, 3.05) is 18.2 Å². The van der Waals surface area contributed by atoms with Gasteiger partial charge in [-0.2, -0.15) is 5.26 Å². The summed E-state index contributed by atoms with van der Waals surface area (Å²) in [6.45, 7) is 5.20. The Morgan fingerprint density at radius 1 is 1.29 bits per heavy atom. The molecule has 0 amide bonds. The van der Waals surface area contributed by atoms with Gasteiger partial charge in [-0.15, -0.1) is 16.9 Å². The molecule has 6 heteroatoms. The molecule has 2 heterocycles. The van der Waals surface area contributed by atoms with E-state index in [1.807, 2.05) is 11.8 Å². The predicted octanol–water partition coefficient (Wildman–Crippen LogP) is 2.42. The molecule has 2 atom stereocenters. The highest BCUT2D eigenvalue weighted by atomic mass is 32.2. The fourth-order valence-electron chi connectivity index (χ4n) is 3.67. The van der Waals surface area contributed by atoms with E-state index in [1.54, 1.807) is 0 Å².